The molecule has 17 nitrogen and oxygen atoms in total. The SMILES string of the molecule is CCO[C@H]1CN(C)C(=O)[C@@H]2C[C@@H](CN2c2nc(N3[C@@H]4C[C@H]3C(=O)N(C3COC3)C4)nc3c2cnn3-c2ccc(F)cc2F)Nc2nccc(n2)-c2cc(F)cc3nc(C)n(c23)C1. The summed E-state index contributed by atoms with van der Waals surface area (Å²) in [5, 5.41) is 8.40. The molecule has 62 heavy (non-hydrogen) atoms. The monoisotopic (exact) mass is 849 g/mol. The highest BCUT2D eigenvalue weighted by molar-refractivity contribution is 5.95. The maximum Gasteiger partial charge on any atom is 0.245 e. The van der Waals surface area contributed by atoms with Crippen LogP contribution >= 0.6 is 0 Å². The van der Waals surface area contributed by atoms with E-state index in [-0.39, 0.29) is 60.2 Å². The second kappa shape index (κ2) is 14.6. The van der Waals surface area contributed by atoms with Crippen LogP contribution in [0.5, 0.6) is 0 Å². The van der Waals surface area contributed by atoms with E-state index in [0.717, 1.165) is 12.1 Å². The number of rotatable bonds is 6. The van der Waals surface area contributed by atoms with E-state index < -0.39 is 41.7 Å². The first-order valence-corrected chi connectivity index (χ1v) is 20.8. The number of amides is 2. The molecule has 0 spiro atoms. The van der Waals surface area contributed by atoms with E-state index in [2.05, 4.69) is 15.4 Å². The number of fused-ring (bicyclic) bond motifs is 8. The number of nitrogens with one attached hydrogen (secondary N) is 1. The van der Waals surface area contributed by atoms with Crippen LogP contribution in [0.1, 0.15) is 25.6 Å². The number of ether oxygens (including phenoxy) is 2. The van der Waals surface area contributed by atoms with Crippen LogP contribution in [0.25, 0.3) is 39.0 Å². The Bertz CT molecular complexity index is 2800. The van der Waals surface area contributed by atoms with E-state index in [4.69, 9.17) is 29.4 Å². The number of carbonyl (C=O) groups is 2. The Morgan fingerprint density at radius 1 is 0.887 bits per heavy atom. The van der Waals surface area contributed by atoms with Gasteiger partial charge in [-0.1, -0.05) is 0 Å². The molecule has 6 bridgehead atoms. The molecule has 4 aromatic heterocycles. The Labute approximate surface area is 352 Å². The van der Waals surface area contributed by atoms with E-state index in [0.29, 0.717) is 85.1 Å². The third kappa shape index (κ3) is 6.20. The summed E-state index contributed by atoms with van der Waals surface area (Å²) in [5.74, 6) is -0.788. The van der Waals surface area contributed by atoms with Gasteiger partial charge in [-0.05, 0) is 51.0 Å². The van der Waals surface area contributed by atoms with Crippen LogP contribution in [0.4, 0.5) is 30.9 Å². The largest absolute Gasteiger partial charge is 0.377 e. The van der Waals surface area contributed by atoms with Crippen molar-refractivity contribution in [1.29, 1.82) is 0 Å². The summed E-state index contributed by atoms with van der Waals surface area (Å²) in [6.45, 7) is 6.35. The lowest BCUT2D eigenvalue weighted by molar-refractivity contribution is -0.155. The van der Waals surface area contributed by atoms with Crippen molar-refractivity contribution < 1.29 is 32.2 Å². The number of piperidine rings is 1. The molecule has 0 unspecified atom stereocenters. The van der Waals surface area contributed by atoms with Gasteiger partial charge >= 0.3 is 0 Å². The highest BCUT2D eigenvalue weighted by Gasteiger charge is 2.54. The molecule has 10 heterocycles. The van der Waals surface area contributed by atoms with E-state index in [1.54, 1.807) is 24.2 Å². The zero-order valence-corrected chi connectivity index (χ0v) is 34.1. The van der Waals surface area contributed by atoms with Crippen LogP contribution in [0.2, 0.25) is 0 Å². The third-order valence-corrected chi connectivity index (χ3v) is 12.8. The predicted molar refractivity (Wildman–Crippen MR) is 219 cm³/mol. The molecule has 5 saturated heterocycles. The minimum atomic E-state index is -0.845. The lowest BCUT2D eigenvalue weighted by Gasteiger charge is -2.57. The van der Waals surface area contributed by atoms with Crippen molar-refractivity contribution >= 4 is 51.6 Å². The van der Waals surface area contributed by atoms with Crippen LogP contribution in [-0.2, 0) is 25.6 Å². The molecule has 5 atom stereocenters. The second-order valence-electron chi connectivity index (χ2n) is 16.6. The minimum Gasteiger partial charge on any atom is -0.377 e. The van der Waals surface area contributed by atoms with Crippen LogP contribution in [0, 0.1) is 24.4 Å². The molecule has 12 rings (SSSR count). The molecule has 2 amide bonds. The van der Waals surface area contributed by atoms with Crippen molar-refractivity contribution in [3.05, 3.63) is 72.1 Å². The van der Waals surface area contributed by atoms with Crippen molar-refractivity contribution in [1.82, 2.24) is 49.1 Å². The van der Waals surface area contributed by atoms with Gasteiger partial charge in [-0.3, -0.25) is 9.59 Å². The average Bonchev–Trinajstić information content (AvgIpc) is 3.91. The van der Waals surface area contributed by atoms with Crippen molar-refractivity contribution in [2.45, 2.75) is 69.5 Å². The molecule has 320 valence electrons. The summed E-state index contributed by atoms with van der Waals surface area (Å²) < 4.78 is 59.8. The van der Waals surface area contributed by atoms with E-state index >= 15 is 8.78 Å². The zero-order chi connectivity index (χ0) is 42.6. The molecule has 2 aromatic carbocycles. The van der Waals surface area contributed by atoms with Gasteiger partial charge in [0, 0.05) is 63.2 Å². The van der Waals surface area contributed by atoms with Gasteiger partial charge in [0.25, 0.3) is 0 Å². The normalized spacial score (nSPS) is 24.0. The smallest absolute Gasteiger partial charge is 0.245 e. The Kier molecular flexibility index (Phi) is 9.07. The van der Waals surface area contributed by atoms with Gasteiger partial charge in [0.2, 0.25) is 23.7 Å². The van der Waals surface area contributed by atoms with Gasteiger partial charge in [-0.15, -0.1) is 0 Å². The maximum atomic E-state index is 15.5. The number of halogens is 3. The summed E-state index contributed by atoms with van der Waals surface area (Å²) in [7, 11) is 1.74. The van der Waals surface area contributed by atoms with Crippen LogP contribution in [0.15, 0.2) is 48.8 Å². The molecular weight excluding hydrogens is 808 g/mol. The second-order valence-corrected chi connectivity index (χ2v) is 16.6. The number of hydrogen-bond acceptors (Lipinski definition) is 13. The van der Waals surface area contributed by atoms with Crippen molar-refractivity contribution in [3.8, 4) is 16.9 Å². The molecule has 0 saturated carbocycles. The summed E-state index contributed by atoms with van der Waals surface area (Å²) >= 11 is 0. The first-order valence-electron chi connectivity index (χ1n) is 20.8. The first-order chi connectivity index (χ1) is 30.0. The van der Waals surface area contributed by atoms with Crippen LogP contribution in [-0.4, -0.2) is 144 Å². The van der Waals surface area contributed by atoms with Gasteiger partial charge in [-0.25, -0.2) is 32.8 Å². The molecule has 6 aliphatic rings. The van der Waals surface area contributed by atoms with Gasteiger partial charge in [0.15, 0.2) is 11.5 Å². The van der Waals surface area contributed by atoms with Gasteiger partial charge in [0.1, 0.15) is 41.0 Å². The van der Waals surface area contributed by atoms with Crippen molar-refractivity contribution in [2.75, 3.05) is 61.6 Å². The minimum absolute atomic E-state index is 0.0245. The predicted octanol–water partition coefficient (Wildman–Crippen LogP) is 3.47. The zero-order valence-electron chi connectivity index (χ0n) is 34.1. The number of aryl methyl sites for hydroxylation is 1. The summed E-state index contributed by atoms with van der Waals surface area (Å²) in [5.41, 5.74) is 2.37. The van der Waals surface area contributed by atoms with Gasteiger partial charge in [0.05, 0.1) is 66.3 Å². The number of likely N-dealkylation sites (N-methyl/N-ethyl adjacent to an activating group) is 1. The van der Waals surface area contributed by atoms with Gasteiger partial charge in [-0.2, -0.15) is 15.1 Å². The number of benzene rings is 2. The highest BCUT2D eigenvalue weighted by Crippen LogP contribution is 2.41. The number of hydrogen-bond donors (Lipinski definition) is 1. The summed E-state index contributed by atoms with van der Waals surface area (Å²) in [4.78, 5) is 60.3. The number of carbonyl (C=O) groups excluding carboxylic acids is 2. The van der Waals surface area contributed by atoms with E-state index in [1.807, 2.05) is 33.1 Å². The molecule has 20 heteroatoms. The van der Waals surface area contributed by atoms with Gasteiger partial charge < -0.3 is 39.0 Å². The fraction of sp³-hybridized carbons (Fsp3) is 0.429. The quantitative estimate of drug-likeness (QED) is 0.260. The summed E-state index contributed by atoms with van der Waals surface area (Å²) in [6, 6.07) is 6.01. The molecular formula is C42H42F3N13O4. The van der Waals surface area contributed by atoms with E-state index in [1.165, 1.54) is 29.1 Å². The first kappa shape index (κ1) is 38.5. The molecule has 0 aliphatic carbocycles. The van der Waals surface area contributed by atoms with Crippen LogP contribution < -0.4 is 15.1 Å². The summed E-state index contributed by atoms with van der Waals surface area (Å²) in [6.07, 6.45) is 3.56. The third-order valence-electron chi connectivity index (χ3n) is 12.8. The maximum absolute atomic E-state index is 15.5. The molecule has 6 aromatic rings. The molecule has 6 aliphatic heterocycles. The van der Waals surface area contributed by atoms with Crippen LogP contribution in [0.3, 0.4) is 0 Å². The lowest BCUT2D eigenvalue weighted by atomic mass is 9.86. The number of nitrogens with zero attached hydrogens (tertiary/aromatic N) is 12. The molecule has 1 N–H and O–H groups in total. The molecule has 0 radical (unpaired) electrons. The average molecular weight is 850 g/mol. The Hall–Kier alpha value is -6.41. The number of piperazine rings is 1. The topological polar surface area (TPSA) is 165 Å². The lowest BCUT2D eigenvalue weighted by Crippen LogP contribution is -2.75. The Balaban J connectivity index is 1.03. The molecule has 5 fully saturated rings. The fourth-order valence-corrected chi connectivity index (χ4v) is 9.76. The Morgan fingerprint density at radius 3 is 2.52 bits per heavy atom. The highest BCUT2D eigenvalue weighted by atomic mass is 19.1. The number of imidazole rings is 1. The van der Waals surface area contributed by atoms with Crippen molar-refractivity contribution in [2.24, 2.45) is 0 Å². The van der Waals surface area contributed by atoms with Crippen molar-refractivity contribution in [3.63, 3.8) is 0 Å². The number of anilines is 3. The Morgan fingerprint density at radius 2 is 1.74 bits per heavy atom. The van der Waals surface area contributed by atoms with E-state index in [9.17, 15) is 14.0 Å². The number of aromatic nitrogens is 8. The standard InChI is InChI=1S/C42H42F3N13O4/c1-4-62-27-17-53(3)39(59)34-12-24(49-41-46-8-7-31(50-41)28-9-23(44)11-32-36(28)54(18-27)21(2)48-32)15-56(34)37-29-14-47-58(33-6-5-22(43)10-30(33)45)38(29)52-42(51-37)57-25-13-35(57)40(60)55(16-25)26-19-61-20-26/h5-11,14,24-27,34-35H,4,12-13,15-20H2,1-3H3,(H,46,49,50)/t24-,25+,27-,34-,35-/m0/s1. The fourth-order valence-electron chi connectivity index (χ4n) is 9.76.